The van der Waals surface area contributed by atoms with Crippen molar-refractivity contribution in [1.29, 1.82) is 5.26 Å². The van der Waals surface area contributed by atoms with Crippen LogP contribution in [-0.2, 0) is 4.74 Å². The first kappa shape index (κ1) is 16.8. The van der Waals surface area contributed by atoms with Gasteiger partial charge in [-0.3, -0.25) is 4.98 Å². The van der Waals surface area contributed by atoms with Gasteiger partial charge in [0.2, 0.25) is 0 Å². The van der Waals surface area contributed by atoms with Gasteiger partial charge in [-0.15, -0.1) is 0 Å². The molecule has 0 amide bonds. The van der Waals surface area contributed by atoms with Gasteiger partial charge >= 0.3 is 0 Å². The number of hydrogen-bond donors (Lipinski definition) is 0. The third kappa shape index (κ3) is 3.49. The van der Waals surface area contributed by atoms with Crippen LogP contribution in [0.25, 0.3) is 0 Å². The first-order valence-corrected chi connectivity index (χ1v) is 9.12. The van der Waals surface area contributed by atoms with Crippen molar-refractivity contribution in [1.82, 2.24) is 9.97 Å². The maximum atomic E-state index is 9.21. The Morgan fingerprint density at radius 2 is 2.08 bits per heavy atom. The van der Waals surface area contributed by atoms with Crippen molar-refractivity contribution in [2.45, 2.75) is 12.8 Å². The van der Waals surface area contributed by atoms with Gasteiger partial charge in [0.15, 0.2) is 0 Å². The molecule has 0 N–H and O–H groups in total. The van der Waals surface area contributed by atoms with Crippen LogP contribution in [0.1, 0.15) is 18.4 Å². The summed E-state index contributed by atoms with van der Waals surface area (Å²) in [5, 5.41) is 9.21. The molecule has 2 aromatic rings. The second-order valence-electron chi connectivity index (χ2n) is 7.22. The predicted molar refractivity (Wildman–Crippen MR) is 100 cm³/mol. The number of benzene rings is 1. The van der Waals surface area contributed by atoms with Crippen molar-refractivity contribution < 1.29 is 4.74 Å². The van der Waals surface area contributed by atoms with E-state index in [1.807, 2.05) is 24.4 Å². The molecule has 1 aromatic carbocycles. The Labute approximate surface area is 154 Å². The lowest BCUT2D eigenvalue weighted by atomic mass is 9.80. The van der Waals surface area contributed by atoms with E-state index in [1.165, 1.54) is 0 Å². The van der Waals surface area contributed by atoms with Crippen LogP contribution in [0.5, 0.6) is 0 Å². The largest absolute Gasteiger partial charge is 0.379 e. The Hall–Kier alpha value is -2.65. The van der Waals surface area contributed by atoms with Crippen LogP contribution in [0.15, 0.2) is 42.9 Å². The number of anilines is 2. The fourth-order valence-corrected chi connectivity index (χ4v) is 4.09. The van der Waals surface area contributed by atoms with Gasteiger partial charge in [-0.05, 0) is 31.0 Å². The number of aromatic nitrogens is 2. The van der Waals surface area contributed by atoms with Crippen LogP contribution in [0.2, 0.25) is 0 Å². The number of ether oxygens (including phenoxy) is 1. The summed E-state index contributed by atoms with van der Waals surface area (Å²) >= 11 is 0. The highest BCUT2D eigenvalue weighted by atomic mass is 16.5. The van der Waals surface area contributed by atoms with Crippen LogP contribution in [0.4, 0.5) is 11.5 Å². The van der Waals surface area contributed by atoms with Crippen LogP contribution in [0, 0.1) is 16.7 Å². The molecule has 0 radical (unpaired) electrons. The number of hydrogen-bond acceptors (Lipinski definition) is 6. The lowest BCUT2D eigenvalue weighted by Gasteiger charge is -2.44. The summed E-state index contributed by atoms with van der Waals surface area (Å²) in [6.07, 6.45) is 7.55. The van der Waals surface area contributed by atoms with Crippen LogP contribution in [-0.4, -0.2) is 49.4 Å². The zero-order valence-corrected chi connectivity index (χ0v) is 14.8. The highest BCUT2D eigenvalue weighted by Gasteiger charge is 2.39. The average Bonchev–Trinajstić information content (AvgIpc) is 2.91. The molecule has 0 aliphatic carbocycles. The summed E-state index contributed by atoms with van der Waals surface area (Å²) in [5.74, 6) is 0.939. The maximum absolute atomic E-state index is 9.21. The van der Waals surface area contributed by atoms with E-state index in [4.69, 9.17) is 4.74 Å². The summed E-state index contributed by atoms with van der Waals surface area (Å²) < 4.78 is 6.01. The average molecular weight is 349 g/mol. The minimum Gasteiger partial charge on any atom is -0.379 e. The van der Waals surface area contributed by atoms with Gasteiger partial charge in [-0.2, -0.15) is 5.26 Å². The smallest absolute Gasteiger partial charge is 0.147 e. The molecule has 2 fully saturated rings. The summed E-state index contributed by atoms with van der Waals surface area (Å²) in [6.45, 7) is 5.17. The Bertz CT molecular complexity index is 790. The third-order valence-corrected chi connectivity index (χ3v) is 5.32. The van der Waals surface area contributed by atoms with Crippen LogP contribution in [0.3, 0.4) is 0 Å². The van der Waals surface area contributed by atoms with Crippen molar-refractivity contribution in [3.8, 4) is 6.07 Å². The molecule has 2 saturated heterocycles. The molecule has 6 nitrogen and oxygen atoms in total. The fraction of sp³-hybridized carbons (Fsp3) is 0.450. The molecule has 2 aliphatic rings. The van der Waals surface area contributed by atoms with E-state index >= 15 is 0 Å². The molecule has 0 saturated carbocycles. The van der Waals surface area contributed by atoms with Gasteiger partial charge in [0.05, 0.1) is 31.0 Å². The van der Waals surface area contributed by atoms with Crippen molar-refractivity contribution in [3.05, 3.63) is 48.4 Å². The second-order valence-corrected chi connectivity index (χ2v) is 7.22. The second kappa shape index (κ2) is 7.30. The van der Waals surface area contributed by atoms with E-state index in [0.29, 0.717) is 12.2 Å². The topological polar surface area (TPSA) is 65.3 Å². The number of piperidine rings is 1. The third-order valence-electron chi connectivity index (χ3n) is 5.32. The van der Waals surface area contributed by atoms with E-state index in [0.717, 1.165) is 57.1 Å². The summed E-state index contributed by atoms with van der Waals surface area (Å²) in [4.78, 5) is 13.4. The quantitative estimate of drug-likeness (QED) is 0.830. The Morgan fingerprint density at radius 3 is 2.92 bits per heavy atom. The molecule has 4 rings (SSSR count). The van der Waals surface area contributed by atoms with E-state index in [9.17, 15) is 5.26 Å². The first-order valence-electron chi connectivity index (χ1n) is 9.12. The zero-order valence-electron chi connectivity index (χ0n) is 14.8. The maximum Gasteiger partial charge on any atom is 0.147 e. The van der Waals surface area contributed by atoms with Crippen molar-refractivity contribution >= 4 is 11.5 Å². The van der Waals surface area contributed by atoms with E-state index in [-0.39, 0.29) is 5.41 Å². The van der Waals surface area contributed by atoms with Crippen LogP contribution >= 0.6 is 0 Å². The standard InChI is InChI=1S/C20H23N5O/c21-12-17-3-1-4-18(11-17)24-9-10-26-16-20(14-24)5-2-8-25(15-20)19-13-22-6-7-23-19/h1,3-4,6-7,11,13H,2,5,8-10,14-16H2. The molecular formula is C20H23N5O. The molecule has 1 atom stereocenters. The van der Waals surface area contributed by atoms with E-state index in [1.54, 1.807) is 12.4 Å². The monoisotopic (exact) mass is 349 g/mol. The number of nitriles is 1. The molecule has 1 spiro atoms. The molecule has 0 bridgehead atoms. The Morgan fingerprint density at radius 1 is 1.15 bits per heavy atom. The van der Waals surface area contributed by atoms with Gasteiger partial charge in [-0.25, -0.2) is 4.98 Å². The first-order chi connectivity index (χ1) is 12.8. The summed E-state index contributed by atoms with van der Waals surface area (Å²) in [6, 6.07) is 10.1. The highest BCUT2D eigenvalue weighted by Crippen LogP contribution is 2.35. The molecule has 1 unspecified atom stereocenters. The van der Waals surface area contributed by atoms with Crippen molar-refractivity contribution in [2.75, 3.05) is 49.2 Å². The van der Waals surface area contributed by atoms with Crippen LogP contribution < -0.4 is 9.80 Å². The number of rotatable bonds is 2. The summed E-state index contributed by atoms with van der Waals surface area (Å²) in [5.41, 5.74) is 1.87. The zero-order chi connectivity index (χ0) is 17.8. The molecule has 3 heterocycles. The minimum absolute atomic E-state index is 0.0644. The van der Waals surface area contributed by atoms with Crippen molar-refractivity contribution in [2.24, 2.45) is 5.41 Å². The van der Waals surface area contributed by atoms with Gasteiger partial charge in [0.25, 0.3) is 0 Å². The molecule has 134 valence electrons. The fourth-order valence-electron chi connectivity index (χ4n) is 4.09. The normalized spacial score (nSPS) is 23.5. The molecule has 1 aromatic heterocycles. The van der Waals surface area contributed by atoms with E-state index < -0.39 is 0 Å². The number of nitrogens with zero attached hydrogens (tertiary/aromatic N) is 5. The SMILES string of the molecule is N#Cc1cccc(N2CCOCC3(CCCN(c4cnccn4)C3)C2)c1. The molecule has 26 heavy (non-hydrogen) atoms. The highest BCUT2D eigenvalue weighted by molar-refractivity contribution is 5.52. The van der Waals surface area contributed by atoms with Gasteiger partial charge in [0.1, 0.15) is 5.82 Å². The lowest BCUT2D eigenvalue weighted by Crippen LogP contribution is -2.51. The molecular weight excluding hydrogens is 326 g/mol. The Balaban J connectivity index is 1.57. The Kier molecular flexibility index (Phi) is 4.72. The van der Waals surface area contributed by atoms with E-state index in [2.05, 4.69) is 31.9 Å². The minimum atomic E-state index is 0.0644. The molecule has 2 aliphatic heterocycles. The lowest BCUT2D eigenvalue weighted by molar-refractivity contribution is 0.0597. The molecule has 6 heteroatoms. The summed E-state index contributed by atoms with van der Waals surface area (Å²) in [7, 11) is 0. The van der Waals surface area contributed by atoms with Gasteiger partial charge in [0, 0.05) is 49.7 Å². The van der Waals surface area contributed by atoms with Gasteiger partial charge in [-0.1, -0.05) is 6.07 Å². The predicted octanol–water partition coefficient (Wildman–Crippen LogP) is 2.47. The van der Waals surface area contributed by atoms with Crippen molar-refractivity contribution in [3.63, 3.8) is 0 Å². The van der Waals surface area contributed by atoms with Gasteiger partial charge < -0.3 is 14.5 Å².